The molecule has 8 nitrogen and oxygen atoms in total. The summed E-state index contributed by atoms with van der Waals surface area (Å²) in [5.41, 5.74) is 6.20. The molecule has 2 aromatic heterocycles. The van der Waals surface area contributed by atoms with E-state index in [-0.39, 0.29) is 24.4 Å². The largest absolute Gasteiger partial charge is 0.465 e. The number of amides is 2. The molecule has 2 atom stereocenters. The van der Waals surface area contributed by atoms with Crippen LogP contribution in [0.3, 0.4) is 0 Å². The lowest BCUT2D eigenvalue weighted by Gasteiger charge is -2.37. The number of piperidine rings is 1. The number of nitrogens with one attached hydrogen (secondary N) is 1. The van der Waals surface area contributed by atoms with Crippen molar-refractivity contribution >= 4 is 22.9 Å². The molecule has 3 heterocycles. The molecule has 52 heavy (non-hydrogen) atoms. The Bertz CT molecular complexity index is 2220. The third-order valence-electron chi connectivity index (χ3n) is 10.1. The zero-order chi connectivity index (χ0) is 35.5. The number of carbonyl (C=O) groups is 2. The predicted molar refractivity (Wildman–Crippen MR) is 202 cm³/mol. The first kappa shape index (κ1) is 32.7. The summed E-state index contributed by atoms with van der Waals surface area (Å²) in [7, 11) is 0. The maximum absolute atomic E-state index is 14.1. The van der Waals surface area contributed by atoms with E-state index in [2.05, 4.69) is 51.4 Å². The normalized spacial score (nSPS) is 16.0. The van der Waals surface area contributed by atoms with Crippen LogP contribution in [0.2, 0.25) is 0 Å². The van der Waals surface area contributed by atoms with E-state index in [9.17, 15) is 14.7 Å². The van der Waals surface area contributed by atoms with Gasteiger partial charge in [0.1, 0.15) is 11.2 Å². The lowest BCUT2D eigenvalue weighted by Crippen LogP contribution is -2.51. The number of rotatable bonds is 8. The molecule has 5 aromatic carbocycles. The fraction of sp³-hybridized carbons (Fsp3) is 0.136. The van der Waals surface area contributed by atoms with Crippen LogP contribution in [0, 0.1) is 0 Å². The van der Waals surface area contributed by atoms with Crippen molar-refractivity contribution in [2.24, 2.45) is 0 Å². The van der Waals surface area contributed by atoms with Gasteiger partial charge in [0, 0.05) is 54.0 Å². The number of fused-ring (bicyclic) bond motifs is 1. The SMILES string of the molecule is O=C(N[C@@H]1C[C@H](c2ccccc2)CN(C(=O)O)C1)c1ccc2c(c1)c(-c1ccncc1)nn2C(c1ccccc1)(c1ccccc1)c1ccccc1. The standard InChI is InChI=1S/C44H37N5O3/c50-42(46-38-27-34(29-48(30-38)43(51)52)31-13-5-1-6-14-31)33-21-22-40-39(28-33)41(32-23-25-45-26-24-32)47-49(40)44(35-15-7-2-8-16-35,36-17-9-3-10-18-36)37-19-11-4-12-20-37/h1-26,28,34,38H,27,29-30H2,(H,46,50)(H,51,52)/t34-,38+/m0/s1. The Hall–Kier alpha value is -6.54. The van der Waals surface area contributed by atoms with Crippen molar-refractivity contribution in [3.05, 3.63) is 192 Å². The Balaban J connectivity index is 1.27. The molecule has 1 saturated heterocycles. The van der Waals surface area contributed by atoms with Gasteiger partial charge in [-0.2, -0.15) is 5.10 Å². The van der Waals surface area contributed by atoms with E-state index in [1.807, 2.05) is 115 Å². The van der Waals surface area contributed by atoms with Crippen molar-refractivity contribution in [1.29, 1.82) is 0 Å². The summed E-state index contributed by atoms with van der Waals surface area (Å²) in [6.07, 6.45) is 3.14. The van der Waals surface area contributed by atoms with Crippen molar-refractivity contribution in [2.45, 2.75) is 23.9 Å². The van der Waals surface area contributed by atoms with Crippen molar-refractivity contribution < 1.29 is 14.7 Å². The second-order valence-electron chi connectivity index (χ2n) is 13.2. The van der Waals surface area contributed by atoms with Crippen LogP contribution in [-0.4, -0.2) is 55.9 Å². The quantitative estimate of drug-likeness (QED) is 0.157. The Morgan fingerprint density at radius 3 is 1.81 bits per heavy atom. The molecule has 256 valence electrons. The number of carbonyl (C=O) groups excluding carboxylic acids is 1. The number of carboxylic acid groups (broad SMARTS) is 1. The second kappa shape index (κ2) is 14.0. The summed E-state index contributed by atoms with van der Waals surface area (Å²) in [5.74, 6) is -0.294. The molecule has 0 radical (unpaired) electrons. The molecular formula is C44H37N5O3. The number of nitrogens with zero attached hydrogens (tertiary/aromatic N) is 4. The first-order valence-electron chi connectivity index (χ1n) is 17.5. The fourth-order valence-corrected chi connectivity index (χ4v) is 7.74. The van der Waals surface area contributed by atoms with E-state index in [1.54, 1.807) is 12.4 Å². The second-order valence-corrected chi connectivity index (χ2v) is 13.2. The minimum Gasteiger partial charge on any atom is -0.465 e. The third-order valence-corrected chi connectivity index (χ3v) is 10.1. The molecule has 2 N–H and O–H groups in total. The van der Waals surface area contributed by atoms with E-state index in [0.717, 1.165) is 44.4 Å². The highest BCUT2D eigenvalue weighted by atomic mass is 16.4. The minimum atomic E-state index is -0.991. The van der Waals surface area contributed by atoms with Gasteiger partial charge in [0.15, 0.2) is 0 Å². The molecule has 0 bridgehead atoms. The van der Waals surface area contributed by atoms with Crippen LogP contribution in [0.15, 0.2) is 164 Å². The van der Waals surface area contributed by atoms with Gasteiger partial charge in [0.2, 0.25) is 0 Å². The van der Waals surface area contributed by atoms with Crippen LogP contribution in [0.5, 0.6) is 0 Å². The predicted octanol–water partition coefficient (Wildman–Crippen LogP) is 8.20. The molecule has 1 fully saturated rings. The van der Waals surface area contributed by atoms with Gasteiger partial charge < -0.3 is 15.3 Å². The average molecular weight is 684 g/mol. The molecule has 7 aromatic rings. The maximum Gasteiger partial charge on any atom is 0.407 e. The average Bonchev–Trinajstić information content (AvgIpc) is 3.59. The number of likely N-dealkylation sites (tertiary alicyclic amines) is 1. The Labute approximate surface area is 302 Å². The zero-order valence-corrected chi connectivity index (χ0v) is 28.4. The van der Waals surface area contributed by atoms with Gasteiger partial charge in [-0.1, -0.05) is 121 Å². The summed E-state index contributed by atoms with van der Waals surface area (Å²) in [4.78, 5) is 31.9. The highest BCUT2D eigenvalue weighted by Crippen LogP contribution is 2.44. The molecule has 0 saturated carbocycles. The van der Waals surface area contributed by atoms with Gasteiger partial charge in [-0.25, -0.2) is 9.48 Å². The molecule has 0 aliphatic carbocycles. The fourth-order valence-electron chi connectivity index (χ4n) is 7.74. The lowest BCUT2D eigenvalue weighted by atomic mass is 9.77. The molecule has 1 aliphatic heterocycles. The number of aromatic nitrogens is 3. The number of benzene rings is 5. The highest BCUT2D eigenvalue weighted by Gasteiger charge is 2.41. The topological polar surface area (TPSA) is 100 Å². The summed E-state index contributed by atoms with van der Waals surface area (Å²) >= 11 is 0. The molecule has 2 amide bonds. The van der Waals surface area contributed by atoms with Crippen molar-refractivity contribution in [1.82, 2.24) is 25.0 Å². The molecular weight excluding hydrogens is 647 g/mol. The van der Waals surface area contributed by atoms with Gasteiger partial charge in [0.25, 0.3) is 5.91 Å². The Morgan fingerprint density at radius 2 is 1.25 bits per heavy atom. The van der Waals surface area contributed by atoms with Gasteiger partial charge in [-0.15, -0.1) is 0 Å². The van der Waals surface area contributed by atoms with Crippen LogP contribution in [0.25, 0.3) is 22.2 Å². The van der Waals surface area contributed by atoms with E-state index in [1.165, 1.54) is 4.90 Å². The molecule has 8 heteroatoms. The van der Waals surface area contributed by atoms with E-state index < -0.39 is 11.6 Å². The Morgan fingerprint density at radius 1 is 0.692 bits per heavy atom. The van der Waals surface area contributed by atoms with Gasteiger partial charge in [-0.05, 0) is 59.0 Å². The summed E-state index contributed by atoms with van der Waals surface area (Å²) in [6.45, 7) is 0.610. The molecule has 8 rings (SSSR count). The van der Waals surface area contributed by atoms with Crippen molar-refractivity contribution in [3.63, 3.8) is 0 Å². The maximum atomic E-state index is 14.1. The minimum absolute atomic E-state index is 0.0302. The summed E-state index contributed by atoms with van der Waals surface area (Å²) < 4.78 is 2.09. The first-order valence-corrected chi connectivity index (χ1v) is 17.5. The van der Waals surface area contributed by atoms with Crippen LogP contribution in [-0.2, 0) is 5.54 Å². The highest BCUT2D eigenvalue weighted by molar-refractivity contribution is 6.02. The van der Waals surface area contributed by atoms with Gasteiger partial charge >= 0.3 is 6.09 Å². The number of hydrogen-bond donors (Lipinski definition) is 2. The summed E-state index contributed by atoms with van der Waals surface area (Å²) in [6, 6.07) is 50.3. The first-order chi connectivity index (χ1) is 25.5. The van der Waals surface area contributed by atoms with Crippen LogP contribution < -0.4 is 5.32 Å². The zero-order valence-electron chi connectivity index (χ0n) is 28.4. The van der Waals surface area contributed by atoms with E-state index >= 15 is 0 Å². The lowest BCUT2D eigenvalue weighted by molar-refractivity contribution is 0.0874. The number of hydrogen-bond acceptors (Lipinski definition) is 4. The van der Waals surface area contributed by atoms with Crippen molar-refractivity contribution in [2.75, 3.05) is 13.1 Å². The molecule has 1 aliphatic rings. The third kappa shape index (κ3) is 5.98. The van der Waals surface area contributed by atoms with Gasteiger partial charge in [0.05, 0.1) is 5.52 Å². The Kier molecular flexibility index (Phi) is 8.79. The van der Waals surface area contributed by atoms with E-state index in [0.29, 0.717) is 18.5 Å². The molecule has 0 unspecified atom stereocenters. The molecule has 0 spiro atoms. The smallest absolute Gasteiger partial charge is 0.407 e. The van der Waals surface area contributed by atoms with Crippen LogP contribution in [0.4, 0.5) is 4.79 Å². The van der Waals surface area contributed by atoms with Crippen molar-refractivity contribution in [3.8, 4) is 11.3 Å². The van der Waals surface area contributed by atoms with E-state index in [4.69, 9.17) is 5.10 Å². The summed E-state index contributed by atoms with van der Waals surface area (Å²) in [5, 5.41) is 19.4. The van der Waals surface area contributed by atoms with Crippen LogP contribution in [0.1, 0.15) is 45.0 Å². The monoisotopic (exact) mass is 683 g/mol. The van der Waals surface area contributed by atoms with Gasteiger partial charge in [-0.3, -0.25) is 9.78 Å². The number of pyridine rings is 1. The van der Waals surface area contributed by atoms with Crippen LogP contribution >= 0.6 is 0 Å².